The third kappa shape index (κ3) is 3.07. The summed E-state index contributed by atoms with van der Waals surface area (Å²) >= 11 is 0. The zero-order valence-corrected chi connectivity index (χ0v) is 18.0. The number of benzene rings is 1. The van der Waals surface area contributed by atoms with Crippen molar-refractivity contribution in [3.05, 3.63) is 52.7 Å². The van der Waals surface area contributed by atoms with Crippen LogP contribution in [0.3, 0.4) is 0 Å². The molecular formula is C23H28FN5O. The van der Waals surface area contributed by atoms with Gasteiger partial charge in [0.15, 0.2) is 5.65 Å². The fourth-order valence-corrected chi connectivity index (χ4v) is 4.95. The molecule has 0 amide bonds. The molecular weight excluding hydrogens is 381 g/mol. The predicted molar refractivity (Wildman–Crippen MR) is 118 cm³/mol. The minimum atomic E-state index is -0.203. The summed E-state index contributed by atoms with van der Waals surface area (Å²) in [6.07, 6.45) is 1.07. The number of hydrogen-bond donors (Lipinski definition) is 0. The summed E-state index contributed by atoms with van der Waals surface area (Å²) < 4.78 is 16.8. The molecule has 2 aliphatic rings. The maximum Gasteiger partial charge on any atom is 0.330 e. The molecule has 0 aliphatic carbocycles. The van der Waals surface area contributed by atoms with Crippen molar-refractivity contribution in [1.29, 1.82) is 0 Å². The Bertz CT molecular complexity index is 1160. The van der Waals surface area contributed by atoms with Crippen LogP contribution in [0.5, 0.6) is 0 Å². The van der Waals surface area contributed by atoms with Crippen molar-refractivity contribution in [2.75, 3.05) is 22.9 Å². The van der Waals surface area contributed by atoms with Crippen LogP contribution in [-0.4, -0.2) is 39.3 Å². The number of pyridine rings is 1. The highest BCUT2D eigenvalue weighted by atomic mass is 19.1. The Morgan fingerprint density at radius 1 is 1.03 bits per heavy atom. The van der Waals surface area contributed by atoms with Crippen LogP contribution in [0.4, 0.5) is 15.9 Å². The maximum atomic E-state index is 13.3. The van der Waals surface area contributed by atoms with Gasteiger partial charge in [-0.3, -0.25) is 9.13 Å². The molecule has 7 heteroatoms. The first kappa shape index (κ1) is 19.2. The first-order valence-electron chi connectivity index (χ1n) is 10.6. The monoisotopic (exact) mass is 409 g/mol. The maximum absolute atomic E-state index is 13.3. The fourth-order valence-electron chi connectivity index (χ4n) is 4.95. The summed E-state index contributed by atoms with van der Waals surface area (Å²) in [5.41, 5.74) is 2.69. The van der Waals surface area contributed by atoms with Crippen molar-refractivity contribution in [3.8, 4) is 0 Å². The Balaban J connectivity index is 1.42. The minimum absolute atomic E-state index is 0.00863. The summed E-state index contributed by atoms with van der Waals surface area (Å²) in [5.74, 6) is 0.725. The number of fused-ring (bicyclic) bond motifs is 3. The molecule has 2 unspecified atom stereocenters. The molecule has 5 rings (SSSR count). The van der Waals surface area contributed by atoms with Gasteiger partial charge in [0.25, 0.3) is 0 Å². The lowest BCUT2D eigenvalue weighted by molar-refractivity contribution is 0.342. The Morgan fingerprint density at radius 2 is 1.70 bits per heavy atom. The lowest BCUT2D eigenvalue weighted by atomic mass is 9.97. The first-order valence-corrected chi connectivity index (χ1v) is 10.6. The van der Waals surface area contributed by atoms with Gasteiger partial charge in [0.2, 0.25) is 0 Å². The van der Waals surface area contributed by atoms with Gasteiger partial charge in [-0.25, -0.2) is 14.2 Å². The molecule has 2 saturated heterocycles. The van der Waals surface area contributed by atoms with E-state index < -0.39 is 0 Å². The molecule has 4 heterocycles. The largest absolute Gasteiger partial charge is 0.365 e. The molecule has 2 fully saturated rings. The highest BCUT2D eigenvalue weighted by Gasteiger charge is 2.44. The highest BCUT2D eigenvalue weighted by Crippen LogP contribution is 2.37. The van der Waals surface area contributed by atoms with Crippen LogP contribution >= 0.6 is 0 Å². The molecule has 2 aliphatic heterocycles. The van der Waals surface area contributed by atoms with Crippen molar-refractivity contribution in [1.82, 2.24) is 14.1 Å². The fraction of sp³-hybridized carbons (Fsp3) is 0.478. The second-order valence-electron chi connectivity index (χ2n) is 9.83. The normalized spacial score (nSPS) is 21.2. The third-order valence-corrected chi connectivity index (χ3v) is 6.29. The smallest absolute Gasteiger partial charge is 0.330 e. The Morgan fingerprint density at radius 3 is 2.33 bits per heavy atom. The van der Waals surface area contributed by atoms with E-state index in [-0.39, 0.29) is 16.9 Å². The van der Waals surface area contributed by atoms with Crippen molar-refractivity contribution >= 4 is 22.7 Å². The van der Waals surface area contributed by atoms with Crippen LogP contribution in [0.2, 0.25) is 0 Å². The number of aryl methyl sites for hydroxylation is 1. The number of halogens is 1. The molecule has 0 N–H and O–H groups in total. The summed E-state index contributed by atoms with van der Waals surface area (Å²) in [5, 5.41) is 0. The number of anilines is 2. The average Bonchev–Trinajstić information content (AvgIpc) is 3.36. The van der Waals surface area contributed by atoms with Crippen LogP contribution in [0, 0.1) is 11.2 Å². The van der Waals surface area contributed by atoms with E-state index in [0.29, 0.717) is 18.6 Å². The number of piperazine rings is 1. The van der Waals surface area contributed by atoms with Gasteiger partial charge in [-0.2, -0.15) is 0 Å². The molecule has 1 aromatic carbocycles. The number of imidazole rings is 1. The Labute approximate surface area is 175 Å². The van der Waals surface area contributed by atoms with E-state index in [1.165, 1.54) is 12.1 Å². The zero-order chi connectivity index (χ0) is 21.2. The van der Waals surface area contributed by atoms with Crippen molar-refractivity contribution in [2.24, 2.45) is 12.5 Å². The van der Waals surface area contributed by atoms with E-state index in [0.717, 1.165) is 42.2 Å². The number of nitrogens with zero attached hydrogens (tertiary/aromatic N) is 5. The second kappa shape index (κ2) is 6.59. The van der Waals surface area contributed by atoms with Gasteiger partial charge >= 0.3 is 5.69 Å². The van der Waals surface area contributed by atoms with Gasteiger partial charge in [0.05, 0.1) is 11.6 Å². The van der Waals surface area contributed by atoms with Crippen LogP contribution < -0.4 is 15.5 Å². The van der Waals surface area contributed by atoms with Crippen LogP contribution in [-0.2, 0) is 13.6 Å². The molecule has 2 aromatic heterocycles. The van der Waals surface area contributed by atoms with Crippen LogP contribution in [0.1, 0.15) is 27.2 Å². The minimum Gasteiger partial charge on any atom is -0.365 e. The quantitative estimate of drug-likeness (QED) is 0.665. The van der Waals surface area contributed by atoms with E-state index in [2.05, 4.69) is 30.6 Å². The molecule has 6 nitrogen and oxygen atoms in total. The van der Waals surface area contributed by atoms with Gasteiger partial charge in [0.1, 0.15) is 11.6 Å². The van der Waals surface area contributed by atoms with Crippen LogP contribution in [0.25, 0.3) is 11.2 Å². The SMILES string of the molecule is Cn1c(=O)n(CC(C)(C)C)c2ccc(N3CC4CC3CN4c3ccc(F)cc3)nc21. The van der Waals surface area contributed by atoms with Crippen molar-refractivity contribution in [3.63, 3.8) is 0 Å². The molecule has 0 saturated carbocycles. The van der Waals surface area contributed by atoms with E-state index in [4.69, 9.17) is 4.98 Å². The van der Waals surface area contributed by atoms with Gasteiger partial charge < -0.3 is 9.80 Å². The Hall–Kier alpha value is -2.83. The second-order valence-corrected chi connectivity index (χ2v) is 9.83. The van der Waals surface area contributed by atoms with E-state index >= 15 is 0 Å². The predicted octanol–water partition coefficient (Wildman–Crippen LogP) is 3.39. The number of aromatic nitrogens is 3. The molecule has 30 heavy (non-hydrogen) atoms. The first-order chi connectivity index (χ1) is 14.2. The van der Waals surface area contributed by atoms with Gasteiger partial charge in [-0.1, -0.05) is 20.8 Å². The molecule has 0 radical (unpaired) electrons. The van der Waals surface area contributed by atoms with Gasteiger partial charge in [-0.15, -0.1) is 0 Å². The van der Waals surface area contributed by atoms with Crippen LogP contribution in [0.15, 0.2) is 41.2 Å². The highest BCUT2D eigenvalue weighted by molar-refractivity contribution is 5.74. The van der Waals surface area contributed by atoms with Crippen molar-refractivity contribution in [2.45, 2.75) is 45.8 Å². The number of rotatable bonds is 3. The summed E-state index contributed by atoms with van der Waals surface area (Å²) in [6.45, 7) is 8.85. The summed E-state index contributed by atoms with van der Waals surface area (Å²) in [6, 6.07) is 11.6. The van der Waals surface area contributed by atoms with E-state index in [9.17, 15) is 9.18 Å². The topological polar surface area (TPSA) is 46.3 Å². The Kier molecular flexibility index (Phi) is 4.21. The van der Waals surface area contributed by atoms with E-state index in [1.807, 2.05) is 28.8 Å². The summed E-state index contributed by atoms with van der Waals surface area (Å²) in [4.78, 5) is 22.4. The number of hydrogen-bond acceptors (Lipinski definition) is 4. The standard InChI is InChI=1S/C23H28FN5O/c1-23(2,3)14-29-19-9-10-20(25-21(19)26(4)22(29)30)28-13-17-11-18(28)12-27(17)16-7-5-15(24)6-8-16/h5-10,17-18H,11-14H2,1-4H3. The lowest BCUT2D eigenvalue weighted by Crippen LogP contribution is -2.46. The molecule has 2 bridgehead atoms. The average molecular weight is 410 g/mol. The third-order valence-electron chi connectivity index (χ3n) is 6.29. The lowest BCUT2D eigenvalue weighted by Gasteiger charge is -2.36. The van der Waals surface area contributed by atoms with Gasteiger partial charge in [-0.05, 0) is 48.2 Å². The zero-order valence-electron chi connectivity index (χ0n) is 18.0. The van der Waals surface area contributed by atoms with E-state index in [1.54, 1.807) is 11.6 Å². The molecule has 3 aromatic rings. The molecule has 2 atom stereocenters. The summed E-state index contributed by atoms with van der Waals surface area (Å²) in [7, 11) is 1.80. The van der Waals surface area contributed by atoms with Crippen molar-refractivity contribution < 1.29 is 4.39 Å². The van der Waals surface area contributed by atoms with Gasteiger partial charge in [0, 0.05) is 38.4 Å². The molecule has 0 spiro atoms. The molecule has 158 valence electrons.